The van der Waals surface area contributed by atoms with Crippen LogP contribution in [-0.2, 0) is 0 Å². The van der Waals surface area contributed by atoms with Crippen LogP contribution in [0.3, 0.4) is 0 Å². The number of rotatable bonds is 5. The van der Waals surface area contributed by atoms with E-state index >= 15 is 0 Å². The second-order valence-electron chi connectivity index (χ2n) is 14.2. The Balaban J connectivity index is 1.19. The Bertz CT molecular complexity index is 3680. The van der Waals surface area contributed by atoms with Gasteiger partial charge in [-0.1, -0.05) is 109 Å². The molecule has 12 aromatic rings. The van der Waals surface area contributed by atoms with Gasteiger partial charge in [-0.3, -0.25) is 0 Å². The van der Waals surface area contributed by atoms with Gasteiger partial charge in [-0.05, 0) is 102 Å². The molecule has 0 aliphatic rings. The number of furan rings is 1. The summed E-state index contributed by atoms with van der Waals surface area (Å²) in [6, 6.07) is 59.5. The number of para-hydroxylation sites is 4. The van der Waals surface area contributed by atoms with Gasteiger partial charge in [-0.15, -0.1) is 0 Å². The van der Waals surface area contributed by atoms with Crippen LogP contribution in [-0.4, -0.2) is 9.13 Å². The van der Waals surface area contributed by atoms with Gasteiger partial charge < -0.3 is 18.5 Å². The van der Waals surface area contributed by atoms with E-state index in [1.54, 1.807) is 0 Å². The second kappa shape index (κ2) is 12.0. The van der Waals surface area contributed by atoms with Crippen LogP contribution in [0.4, 0.5) is 17.1 Å². The number of aromatic nitrogens is 2. The van der Waals surface area contributed by atoms with Gasteiger partial charge in [0.15, 0.2) is 0 Å². The average Bonchev–Trinajstić information content (AvgIpc) is 3.94. The van der Waals surface area contributed by atoms with Crippen molar-refractivity contribution in [1.82, 2.24) is 9.13 Å². The molecule has 0 bridgehead atoms. The number of anilines is 3. The molecule has 4 heteroatoms. The maximum atomic E-state index is 9.44. The SMILES string of the molecule is [2H]c1ccccc1-n1c2cc3c(cc2c2c4ccccc4ccc21)c1ccccc1n3-c1ccc2oc3c([2H])c([2H])c([2H])c(N(c4ccccc4)c4ccccc4)c3c2c1. The van der Waals surface area contributed by atoms with Crippen LogP contribution < -0.4 is 4.90 Å². The minimum atomic E-state index is -0.197. The fourth-order valence-electron chi connectivity index (χ4n) is 8.80. The molecule has 0 amide bonds. The van der Waals surface area contributed by atoms with E-state index in [0.717, 1.165) is 82.5 Å². The summed E-state index contributed by atoms with van der Waals surface area (Å²) in [5.41, 5.74) is 8.72. The Hall–Kier alpha value is -7.56. The molecule has 0 aliphatic heterocycles. The van der Waals surface area contributed by atoms with E-state index < -0.39 is 0 Å². The van der Waals surface area contributed by atoms with Crippen LogP contribution >= 0.6 is 0 Å². The molecular formula is C52H33N3O. The number of hydrogen-bond donors (Lipinski definition) is 0. The molecule has 0 saturated carbocycles. The minimum Gasteiger partial charge on any atom is -0.456 e. The lowest BCUT2D eigenvalue weighted by atomic mass is 10.0. The molecule has 0 fully saturated rings. The molecule has 0 radical (unpaired) electrons. The van der Waals surface area contributed by atoms with Gasteiger partial charge in [0.25, 0.3) is 0 Å². The highest BCUT2D eigenvalue weighted by atomic mass is 16.3. The lowest BCUT2D eigenvalue weighted by molar-refractivity contribution is 0.669. The summed E-state index contributed by atoms with van der Waals surface area (Å²) < 4.78 is 47.5. The second-order valence-corrected chi connectivity index (χ2v) is 14.2. The van der Waals surface area contributed by atoms with Crippen molar-refractivity contribution in [3.8, 4) is 11.4 Å². The van der Waals surface area contributed by atoms with E-state index in [4.69, 9.17) is 8.53 Å². The van der Waals surface area contributed by atoms with Crippen molar-refractivity contribution < 1.29 is 9.90 Å². The van der Waals surface area contributed by atoms with Gasteiger partial charge in [-0.2, -0.15) is 0 Å². The summed E-state index contributed by atoms with van der Waals surface area (Å²) in [7, 11) is 0. The van der Waals surface area contributed by atoms with E-state index in [1.165, 1.54) is 0 Å². The molecular weight excluding hydrogens is 683 g/mol. The molecule has 0 spiro atoms. The first kappa shape index (κ1) is 27.1. The third-order valence-corrected chi connectivity index (χ3v) is 11.2. The third kappa shape index (κ3) is 4.47. The smallest absolute Gasteiger partial charge is 0.137 e. The molecule has 0 saturated heterocycles. The average molecular weight is 720 g/mol. The Morgan fingerprint density at radius 2 is 1.11 bits per heavy atom. The van der Waals surface area contributed by atoms with Crippen molar-refractivity contribution in [2.75, 3.05) is 4.90 Å². The zero-order chi connectivity index (χ0) is 40.2. The maximum absolute atomic E-state index is 9.44. The summed E-state index contributed by atoms with van der Waals surface area (Å²) >= 11 is 0. The van der Waals surface area contributed by atoms with Gasteiger partial charge in [0.2, 0.25) is 0 Å². The zero-order valence-electron chi connectivity index (χ0n) is 34.0. The van der Waals surface area contributed by atoms with Gasteiger partial charge in [0.05, 0.1) is 38.6 Å². The van der Waals surface area contributed by atoms with E-state index in [-0.39, 0.29) is 23.7 Å². The molecule has 3 aromatic heterocycles. The van der Waals surface area contributed by atoms with E-state index in [1.807, 2.05) is 102 Å². The first-order valence-electron chi connectivity index (χ1n) is 20.8. The highest BCUT2D eigenvalue weighted by Gasteiger charge is 2.22. The molecule has 0 atom stereocenters. The Morgan fingerprint density at radius 3 is 1.93 bits per heavy atom. The molecule has 0 N–H and O–H groups in total. The van der Waals surface area contributed by atoms with Crippen molar-refractivity contribution in [3.63, 3.8) is 0 Å². The normalized spacial score (nSPS) is 12.9. The predicted octanol–water partition coefficient (Wildman–Crippen LogP) is 14.4. The summed E-state index contributed by atoms with van der Waals surface area (Å²) in [5, 5.41) is 8.14. The van der Waals surface area contributed by atoms with Crippen molar-refractivity contribution in [3.05, 3.63) is 200 Å². The van der Waals surface area contributed by atoms with Gasteiger partial charge in [0, 0.05) is 49.7 Å². The Morgan fingerprint density at radius 1 is 0.411 bits per heavy atom. The first-order valence-corrected chi connectivity index (χ1v) is 18.8. The number of benzene rings is 9. The van der Waals surface area contributed by atoms with Crippen LogP contribution in [0.1, 0.15) is 5.48 Å². The summed E-state index contributed by atoms with van der Waals surface area (Å²) in [5.74, 6) is 0. The van der Waals surface area contributed by atoms with E-state index in [2.05, 4.69) is 88.0 Å². The summed E-state index contributed by atoms with van der Waals surface area (Å²) in [6.07, 6.45) is 0. The molecule has 56 heavy (non-hydrogen) atoms. The fraction of sp³-hybridized carbons (Fsp3) is 0. The Labute approximate surface area is 327 Å². The van der Waals surface area contributed by atoms with Gasteiger partial charge >= 0.3 is 0 Å². The van der Waals surface area contributed by atoms with Gasteiger partial charge in [-0.25, -0.2) is 0 Å². The monoisotopic (exact) mass is 719 g/mol. The van der Waals surface area contributed by atoms with Crippen molar-refractivity contribution in [1.29, 1.82) is 0 Å². The number of fused-ring (bicyclic) bond motifs is 11. The zero-order valence-corrected chi connectivity index (χ0v) is 30.0. The van der Waals surface area contributed by atoms with Crippen LogP contribution in [0.2, 0.25) is 0 Å². The quantitative estimate of drug-likeness (QED) is 0.177. The summed E-state index contributed by atoms with van der Waals surface area (Å²) in [6.45, 7) is 0. The largest absolute Gasteiger partial charge is 0.456 e. The highest BCUT2D eigenvalue weighted by molar-refractivity contribution is 6.25. The Kier molecular flexibility index (Phi) is 5.79. The van der Waals surface area contributed by atoms with Gasteiger partial charge in [0.1, 0.15) is 11.2 Å². The van der Waals surface area contributed by atoms with Crippen LogP contribution in [0.15, 0.2) is 205 Å². The lowest BCUT2D eigenvalue weighted by Crippen LogP contribution is -2.09. The van der Waals surface area contributed by atoms with Crippen LogP contribution in [0.25, 0.3) is 87.7 Å². The molecule has 4 nitrogen and oxygen atoms in total. The van der Waals surface area contributed by atoms with Crippen LogP contribution in [0, 0.1) is 0 Å². The molecule has 0 aliphatic carbocycles. The minimum absolute atomic E-state index is 0.0532. The maximum Gasteiger partial charge on any atom is 0.137 e. The topological polar surface area (TPSA) is 26.2 Å². The molecule has 12 rings (SSSR count). The van der Waals surface area contributed by atoms with Crippen molar-refractivity contribution in [2.24, 2.45) is 0 Å². The molecule has 9 aromatic carbocycles. The standard InChI is InChI=1S/C52H33N3O/c1-4-16-35(17-5-1)53(36-18-6-2-7-19-36)45-25-14-26-50-52(45)43-31-38(28-30-49(43)56-50)55-44-24-13-12-23-40(44)41-32-42-48(33-47(41)55)54(37-20-8-3-9-21-37)46-29-27-34-15-10-11-22-39(34)51(42)46/h1-33H/i14D,20D,25D,26D. The number of hydrogen-bond acceptors (Lipinski definition) is 2. The number of nitrogens with zero attached hydrogens (tertiary/aromatic N) is 3. The first-order chi connectivity index (χ1) is 29.5. The molecule has 262 valence electrons. The fourth-order valence-corrected chi connectivity index (χ4v) is 8.80. The van der Waals surface area contributed by atoms with Crippen LogP contribution in [0.5, 0.6) is 0 Å². The molecule has 3 heterocycles. The van der Waals surface area contributed by atoms with E-state index in [0.29, 0.717) is 22.7 Å². The predicted molar refractivity (Wildman–Crippen MR) is 235 cm³/mol. The third-order valence-electron chi connectivity index (χ3n) is 11.2. The molecule has 0 unspecified atom stereocenters. The van der Waals surface area contributed by atoms with E-state index in [9.17, 15) is 1.37 Å². The lowest BCUT2D eigenvalue weighted by Gasteiger charge is -2.26. The highest BCUT2D eigenvalue weighted by Crippen LogP contribution is 2.45. The summed E-state index contributed by atoms with van der Waals surface area (Å²) in [4.78, 5) is 1.99. The van der Waals surface area contributed by atoms with Crippen molar-refractivity contribution >= 4 is 93.4 Å². The van der Waals surface area contributed by atoms with Crippen molar-refractivity contribution in [2.45, 2.75) is 0 Å².